The molecule has 1 amide bonds. The lowest BCUT2D eigenvalue weighted by molar-refractivity contribution is 0.0606. The fourth-order valence-corrected chi connectivity index (χ4v) is 2.05. The van der Waals surface area contributed by atoms with Crippen molar-refractivity contribution in [1.29, 1.82) is 0 Å². The third kappa shape index (κ3) is 3.27. The van der Waals surface area contributed by atoms with E-state index < -0.39 is 5.97 Å². The number of nitrogens with one attached hydrogen (secondary N) is 1. The molecule has 1 N–H and O–H groups in total. The molecule has 0 aromatic carbocycles. The average molecular weight is 298 g/mol. The van der Waals surface area contributed by atoms with Crippen LogP contribution < -0.4 is 5.32 Å². The molecule has 0 aliphatic rings. The van der Waals surface area contributed by atoms with Gasteiger partial charge in [0, 0.05) is 6.20 Å². The maximum absolute atomic E-state index is 11.8. The third-order valence-electron chi connectivity index (χ3n) is 2.10. The lowest BCUT2D eigenvalue weighted by Gasteiger charge is -2.00. The van der Waals surface area contributed by atoms with Gasteiger partial charge in [-0.3, -0.25) is 10.1 Å². The number of esters is 1. The average Bonchev–Trinajstić information content (AvgIpc) is 2.87. The summed E-state index contributed by atoms with van der Waals surface area (Å²) in [6, 6.07) is 3.05. The molecular formula is C11H8ClN3O3S. The summed E-state index contributed by atoms with van der Waals surface area (Å²) in [6.07, 6.45) is 2.69. The van der Waals surface area contributed by atoms with Crippen LogP contribution in [0.2, 0.25) is 5.15 Å². The molecule has 0 saturated carbocycles. The number of hydrogen-bond acceptors (Lipinski definition) is 6. The molecular weight excluding hydrogens is 290 g/mol. The first-order chi connectivity index (χ1) is 9.10. The van der Waals surface area contributed by atoms with Gasteiger partial charge in [0.15, 0.2) is 5.13 Å². The lowest BCUT2D eigenvalue weighted by atomic mass is 10.3. The van der Waals surface area contributed by atoms with Crippen molar-refractivity contribution in [3.8, 4) is 0 Å². The van der Waals surface area contributed by atoms with Gasteiger partial charge in [-0.1, -0.05) is 22.9 Å². The fourth-order valence-electron chi connectivity index (χ4n) is 1.21. The topological polar surface area (TPSA) is 81.2 Å². The van der Waals surface area contributed by atoms with Crippen molar-refractivity contribution in [2.24, 2.45) is 0 Å². The highest BCUT2D eigenvalue weighted by Gasteiger charge is 2.13. The molecule has 0 bridgehead atoms. The summed E-state index contributed by atoms with van der Waals surface area (Å²) in [5.41, 5.74) is 0.346. The Morgan fingerprint density at radius 1 is 1.32 bits per heavy atom. The molecule has 2 aromatic rings. The van der Waals surface area contributed by atoms with Crippen LogP contribution in [-0.2, 0) is 4.74 Å². The highest BCUT2D eigenvalue weighted by atomic mass is 35.5. The molecule has 2 aromatic heterocycles. The number of aromatic nitrogens is 2. The van der Waals surface area contributed by atoms with Gasteiger partial charge < -0.3 is 4.74 Å². The number of methoxy groups -OCH3 is 1. The molecule has 0 unspecified atom stereocenters. The fraction of sp³-hybridized carbons (Fsp3) is 0.0909. The maximum atomic E-state index is 11.8. The number of anilines is 1. The number of carbonyl (C=O) groups is 2. The van der Waals surface area contributed by atoms with Crippen molar-refractivity contribution in [2.75, 3.05) is 12.4 Å². The van der Waals surface area contributed by atoms with Crippen LogP contribution in [-0.4, -0.2) is 29.0 Å². The van der Waals surface area contributed by atoms with Gasteiger partial charge in [0.05, 0.1) is 18.9 Å². The van der Waals surface area contributed by atoms with Gasteiger partial charge in [-0.25, -0.2) is 14.8 Å². The zero-order valence-electron chi connectivity index (χ0n) is 9.71. The quantitative estimate of drug-likeness (QED) is 0.694. The van der Waals surface area contributed by atoms with Crippen molar-refractivity contribution in [3.63, 3.8) is 0 Å². The van der Waals surface area contributed by atoms with E-state index in [9.17, 15) is 9.59 Å². The van der Waals surface area contributed by atoms with Crippen LogP contribution in [0.5, 0.6) is 0 Å². The second-order valence-electron chi connectivity index (χ2n) is 3.34. The Morgan fingerprint density at radius 2 is 2.11 bits per heavy atom. The predicted octanol–water partition coefficient (Wildman–Crippen LogP) is 2.23. The van der Waals surface area contributed by atoms with E-state index in [2.05, 4.69) is 20.0 Å². The minimum atomic E-state index is -0.494. The smallest absolute Gasteiger partial charge is 0.349 e. The first-order valence-electron chi connectivity index (χ1n) is 5.07. The molecule has 2 heterocycles. The predicted molar refractivity (Wildman–Crippen MR) is 70.7 cm³/mol. The summed E-state index contributed by atoms with van der Waals surface area (Å²) in [5.74, 6) is -0.874. The van der Waals surface area contributed by atoms with E-state index >= 15 is 0 Å². The second-order valence-corrected chi connectivity index (χ2v) is 4.76. The van der Waals surface area contributed by atoms with Gasteiger partial charge in [-0.05, 0) is 12.1 Å². The van der Waals surface area contributed by atoms with Gasteiger partial charge in [-0.2, -0.15) is 0 Å². The largest absolute Gasteiger partial charge is 0.465 e. The zero-order valence-corrected chi connectivity index (χ0v) is 11.3. The second kappa shape index (κ2) is 5.77. The minimum absolute atomic E-state index is 0.304. The van der Waals surface area contributed by atoms with Gasteiger partial charge >= 0.3 is 5.97 Å². The van der Waals surface area contributed by atoms with Crippen molar-refractivity contribution >= 4 is 39.9 Å². The Hall–Kier alpha value is -1.99. The summed E-state index contributed by atoms with van der Waals surface area (Å²) >= 11 is 6.65. The number of thiazole rings is 1. The van der Waals surface area contributed by atoms with Crippen LogP contribution in [0.25, 0.3) is 0 Å². The van der Waals surface area contributed by atoms with E-state index in [1.807, 2.05) is 0 Å². The standard InChI is InChI=1S/C11H8ClN3O3S/c1-18-10(17)7-5-14-11(19-7)15-9(16)6-2-3-8(12)13-4-6/h2-5H,1H3,(H,14,15,16). The van der Waals surface area contributed by atoms with Crippen molar-refractivity contribution in [2.45, 2.75) is 0 Å². The van der Waals surface area contributed by atoms with Crippen molar-refractivity contribution in [1.82, 2.24) is 9.97 Å². The van der Waals surface area contributed by atoms with E-state index in [0.717, 1.165) is 11.3 Å². The molecule has 0 radical (unpaired) electrons. The highest BCUT2D eigenvalue weighted by molar-refractivity contribution is 7.17. The first-order valence-corrected chi connectivity index (χ1v) is 6.26. The summed E-state index contributed by atoms with van der Waals surface area (Å²) in [6.45, 7) is 0. The Labute approximate surface area is 117 Å². The third-order valence-corrected chi connectivity index (χ3v) is 3.22. The van der Waals surface area contributed by atoms with Crippen LogP contribution in [0.4, 0.5) is 5.13 Å². The van der Waals surface area contributed by atoms with Gasteiger partial charge in [0.2, 0.25) is 0 Å². The van der Waals surface area contributed by atoms with Gasteiger partial charge in [-0.15, -0.1) is 0 Å². The first kappa shape index (κ1) is 13.4. The number of nitrogens with zero attached hydrogens (tertiary/aromatic N) is 2. The highest BCUT2D eigenvalue weighted by Crippen LogP contribution is 2.19. The maximum Gasteiger partial charge on any atom is 0.349 e. The Morgan fingerprint density at radius 3 is 2.74 bits per heavy atom. The number of hydrogen-bond donors (Lipinski definition) is 1. The zero-order chi connectivity index (χ0) is 13.8. The SMILES string of the molecule is COC(=O)c1cnc(NC(=O)c2ccc(Cl)nc2)s1. The Kier molecular flexibility index (Phi) is 4.08. The van der Waals surface area contributed by atoms with Gasteiger partial charge in [0.1, 0.15) is 10.0 Å². The molecule has 0 atom stereocenters. The molecule has 0 aliphatic carbocycles. The minimum Gasteiger partial charge on any atom is -0.465 e. The molecule has 98 valence electrons. The monoisotopic (exact) mass is 297 g/mol. The molecule has 19 heavy (non-hydrogen) atoms. The number of amides is 1. The lowest BCUT2D eigenvalue weighted by Crippen LogP contribution is -2.11. The normalized spacial score (nSPS) is 10.0. The molecule has 0 saturated heterocycles. The Bertz CT molecular complexity index is 612. The number of ether oxygens (including phenoxy) is 1. The van der Waals surface area contributed by atoms with E-state index in [0.29, 0.717) is 20.7 Å². The molecule has 0 spiro atoms. The van der Waals surface area contributed by atoms with E-state index in [1.54, 1.807) is 6.07 Å². The van der Waals surface area contributed by atoms with E-state index in [1.165, 1.54) is 25.6 Å². The summed E-state index contributed by atoms with van der Waals surface area (Å²) in [4.78, 5) is 31.1. The molecule has 0 fully saturated rings. The van der Waals surface area contributed by atoms with E-state index in [-0.39, 0.29) is 5.91 Å². The number of rotatable bonds is 3. The van der Waals surface area contributed by atoms with Crippen LogP contribution >= 0.6 is 22.9 Å². The molecule has 2 rings (SSSR count). The van der Waals surface area contributed by atoms with Gasteiger partial charge in [0.25, 0.3) is 5.91 Å². The van der Waals surface area contributed by atoms with Crippen molar-refractivity contribution < 1.29 is 14.3 Å². The number of halogens is 1. The molecule has 6 nitrogen and oxygen atoms in total. The van der Waals surface area contributed by atoms with Crippen LogP contribution in [0.3, 0.4) is 0 Å². The van der Waals surface area contributed by atoms with Crippen LogP contribution in [0.1, 0.15) is 20.0 Å². The van der Waals surface area contributed by atoms with Crippen molar-refractivity contribution in [3.05, 3.63) is 40.1 Å². The summed E-state index contributed by atoms with van der Waals surface area (Å²) in [7, 11) is 1.28. The number of pyridine rings is 1. The van der Waals surface area contributed by atoms with Crippen LogP contribution in [0, 0.1) is 0 Å². The Balaban J connectivity index is 2.08. The molecule has 8 heteroatoms. The summed E-state index contributed by atoms with van der Waals surface area (Å²) in [5, 5.41) is 3.16. The summed E-state index contributed by atoms with van der Waals surface area (Å²) < 4.78 is 4.55. The van der Waals surface area contributed by atoms with Crippen LogP contribution in [0.15, 0.2) is 24.5 Å². The number of carbonyl (C=O) groups excluding carboxylic acids is 2. The van der Waals surface area contributed by atoms with E-state index in [4.69, 9.17) is 11.6 Å². The molecule has 0 aliphatic heterocycles.